The van der Waals surface area contributed by atoms with Gasteiger partial charge in [0.1, 0.15) is 18.3 Å². The molecular weight excluding hydrogens is 532 g/mol. The van der Waals surface area contributed by atoms with E-state index in [1.165, 1.54) is 22.1 Å². The summed E-state index contributed by atoms with van der Waals surface area (Å²) in [5.74, 6) is 0. The van der Waals surface area contributed by atoms with Crippen molar-refractivity contribution in [2.45, 2.75) is 50.3 Å². The van der Waals surface area contributed by atoms with Crippen LogP contribution in [0.5, 0.6) is 0 Å². The summed E-state index contributed by atoms with van der Waals surface area (Å²) in [4.78, 5) is 28.9. The van der Waals surface area contributed by atoms with Gasteiger partial charge in [-0.05, 0) is 26.9 Å². The lowest BCUT2D eigenvalue weighted by molar-refractivity contribution is -0.0531. The fraction of sp³-hybridized carbons (Fsp3) is 0.310. The third kappa shape index (κ3) is 4.88. The number of aromatic nitrogens is 2. The SMILES string of the molecule is CC(C)(C)[Si](O[C@@H]1[C@H](O)[C@@H](CO)O[C@H]1n1cc(-c2cccs2)c(=O)[nH]c1=O)(c1ccccc1)c1ccccc1. The molecule has 2 aromatic heterocycles. The van der Waals surface area contributed by atoms with E-state index in [0.717, 1.165) is 10.4 Å². The van der Waals surface area contributed by atoms with Gasteiger partial charge in [-0.1, -0.05) is 87.5 Å². The maximum absolute atomic E-state index is 13.1. The maximum Gasteiger partial charge on any atom is 0.330 e. The molecule has 5 rings (SSSR count). The lowest BCUT2D eigenvalue weighted by atomic mass is 10.1. The van der Waals surface area contributed by atoms with Gasteiger partial charge in [0.2, 0.25) is 0 Å². The van der Waals surface area contributed by atoms with Crippen molar-refractivity contribution in [3.63, 3.8) is 0 Å². The van der Waals surface area contributed by atoms with Crippen molar-refractivity contribution in [3.05, 3.63) is 105 Å². The van der Waals surface area contributed by atoms with Crippen LogP contribution in [-0.2, 0) is 9.16 Å². The monoisotopic (exact) mass is 564 g/mol. The Hall–Kier alpha value is -3.12. The zero-order valence-corrected chi connectivity index (χ0v) is 23.8. The summed E-state index contributed by atoms with van der Waals surface area (Å²) in [6.07, 6.45) is -2.88. The van der Waals surface area contributed by atoms with Crippen LogP contribution < -0.4 is 21.6 Å². The highest BCUT2D eigenvalue weighted by atomic mass is 32.1. The molecule has 4 aromatic rings. The summed E-state index contributed by atoms with van der Waals surface area (Å²) in [7, 11) is -3.18. The van der Waals surface area contributed by atoms with Gasteiger partial charge < -0.3 is 19.4 Å². The van der Waals surface area contributed by atoms with Gasteiger partial charge in [-0.3, -0.25) is 14.3 Å². The van der Waals surface area contributed by atoms with Crippen LogP contribution in [0.15, 0.2) is 94.0 Å². The first-order chi connectivity index (χ1) is 18.7. The van der Waals surface area contributed by atoms with Crippen molar-refractivity contribution in [1.29, 1.82) is 0 Å². The molecule has 2 aromatic carbocycles. The molecule has 4 atom stereocenters. The minimum atomic E-state index is -3.18. The van der Waals surface area contributed by atoms with Crippen LogP contribution in [0.4, 0.5) is 0 Å². The van der Waals surface area contributed by atoms with Crippen LogP contribution in [-0.4, -0.2) is 53.0 Å². The Morgan fingerprint density at radius 3 is 2.13 bits per heavy atom. The molecule has 0 aliphatic carbocycles. The number of nitrogens with zero attached hydrogens (tertiary/aromatic N) is 1. The molecule has 0 amide bonds. The molecule has 0 saturated carbocycles. The summed E-state index contributed by atoms with van der Waals surface area (Å²) < 4.78 is 14.5. The lowest BCUT2D eigenvalue weighted by Crippen LogP contribution is -2.69. The highest BCUT2D eigenvalue weighted by molar-refractivity contribution is 7.13. The van der Waals surface area contributed by atoms with Gasteiger partial charge >= 0.3 is 5.69 Å². The number of H-pyrrole nitrogens is 1. The van der Waals surface area contributed by atoms with E-state index in [2.05, 4.69) is 25.8 Å². The van der Waals surface area contributed by atoms with Crippen molar-refractivity contribution in [2.75, 3.05) is 6.61 Å². The number of hydrogen-bond donors (Lipinski definition) is 3. The van der Waals surface area contributed by atoms with E-state index in [4.69, 9.17) is 9.16 Å². The molecule has 39 heavy (non-hydrogen) atoms. The fourth-order valence-corrected chi connectivity index (χ4v) is 10.8. The Morgan fingerprint density at radius 1 is 1.00 bits per heavy atom. The molecular formula is C29H32N2O6SSi. The largest absolute Gasteiger partial charge is 0.397 e. The number of aliphatic hydroxyl groups is 2. The molecule has 204 valence electrons. The molecule has 0 spiro atoms. The minimum Gasteiger partial charge on any atom is -0.397 e. The number of benzene rings is 2. The summed E-state index contributed by atoms with van der Waals surface area (Å²) in [6, 6.07) is 23.5. The Bertz CT molecular complexity index is 1480. The summed E-state index contributed by atoms with van der Waals surface area (Å²) in [5.41, 5.74) is -0.896. The van der Waals surface area contributed by atoms with Gasteiger partial charge in [0, 0.05) is 11.1 Å². The van der Waals surface area contributed by atoms with Gasteiger partial charge in [0.15, 0.2) is 6.23 Å². The smallest absolute Gasteiger partial charge is 0.330 e. The zero-order chi connectivity index (χ0) is 27.8. The van der Waals surface area contributed by atoms with E-state index < -0.39 is 55.8 Å². The summed E-state index contributed by atoms with van der Waals surface area (Å²) >= 11 is 1.37. The second-order valence-electron chi connectivity index (χ2n) is 10.7. The van der Waals surface area contributed by atoms with Crippen molar-refractivity contribution in [2.24, 2.45) is 0 Å². The maximum atomic E-state index is 13.1. The number of aliphatic hydroxyl groups excluding tert-OH is 2. The van der Waals surface area contributed by atoms with Crippen molar-refractivity contribution in [3.8, 4) is 10.4 Å². The zero-order valence-electron chi connectivity index (χ0n) is 22.0. The van der Waals surface area contributed by atoms with Crippen LogP contribution in [0.25, 0.3) is 10.4 Å². The molecule has 1 aliphatic heterocycles. The van der Waals surface area contributed by atoms with E-state index >= 15 is 0 Å². The van der Waals surface area contributed by atoms with E-state index in [1.54, 1.807) is 6.07 Å². The molecule has 0 unspecified atom stereocenters. The standard InChI is InChI=1S/C29H32N2O6SSi/c1-29(2,3)39(19-11-6-4-7-12-19,20-13-8-5-9-14-20)37-25-24(33)22(18-32)36-27(25)31-17-21(23-15-10-16-38-23)26(34)30-28(31)35/h4-17,22,24-25,27,32-33H,18H2,1-3H3,(H,30,34,35)/t22-,24-,25-,27-/m1/s1. The first kappa shape index (κ1) is 27.4. The minimum absolute atomic E-state index is 0.305. The number of aromatic amines is 1. The third-order valence-corrected chi connectivity index (χ3v) is 13.2. The molecule has 8 nitrogen and oxygen atoms in total. The van der Waals surface area contributed by atoms with Crippen LogP contribution >= 0.6 is 11.3 Å². The quantitative estimate of drug-likeness (QED) is 0.297. The molecule has 0 bridgehead atoms. The van der Waals surface area contributed by atoms with E-state index in [-0.39, 0.29) is 0 Å². The molecule has 0 radical (unpaired) electrons. The Labute approximate surface area is 231 Å². The van der Waals surface area contributed by atoms with Crippen molar-refractivity contribution < 1.29 is 19.4 Å². The average molecular weight is 565 g/mol. The predicted molar refractivity (Wildman–Crippen MR) is 154 cm³/mol. The number of thiophene rings is 1. The van der Waals surface area contributed by atoms with Crippen LogP contribution in [0.3, 0.4) is 0 Å². The van der Waals surface area contributed by atoms with Crippen LogP contribution in [0.1, 0.15) is 27.0 Å². The number of rotatable bonds is 7. The van der Waals surface area contributed by atoms with Crippen molar-refractivity contribution in [1.82, 2.24) is 9.55 Å². The molecule has 1 fully saturated rings. The second-order valence-corrected chi connectivity index (χ2v) is 15.9. The molecule has 1 saturated heterocycles. The normalized spacial score (nSPS) is 21.8. The third-order valence-electron chi connectivity index (χ3n) is 7.25. The van der Waals surface area contributed by atoms with Gasteiger partial charge in [0.25, 0.3) is 13.9 Å². The summed E-state index contributed by atoms with van der Waals surface area (Å²) in [6.45, 7) is 5.87. The Kier molecular flexibility index (Phi) is 7.60. The van der Waals surface area contributed by atoms with Crippen molar-refractivity contribution >= 4 is 30.0 Å². The first-order valence-electron chi connectivity index (χ1n) is 12.8. The fourth-order valence-electron chi connectivity index (χ4n) is 5.40. The lowest BCUT2D eigenvalue weighted by Gasteiger charge is -2.45. The van der Waals surface area contributed by atoms with Crippen LogP contribution in [0.2, 0.25) is 5.04 Å². The highest BCUT2D eigenvalue weighted by Crippen LogP contribution is 2.41. The van der Waals surface area contributed by atoms with Gasteiger partial charge in [-0.2, -0.15) is 0 Å². The topological polar surface area (TPSA) is 114 Å². The van der Waals surface area contributed by atoms with E-state index in [0.29, 0.717) is 10.4 Å². The van der Waals surface area contributed by atoms with E-state index in [9.17, 15) is 19.8 Å². The average Bonchev–Trinajstić information content (AvgIpc) is 3.56. The predicted octanol–water partition coefficient (Wildman–Crippen LogP) is 2.46. The summed E-state index contributed by atoms with van der Waals surface area (Å²) in [5, 5.41) is 24.9. The molecule has 3 N–H and O–H groups in total. The van der Waals surface area contributed by atoms with Gasteiger partial charge in [0.05, 0.1) is 12.2 Å². The van der Waals surface area contributed by atoms with Gasteiger partial charge in [-0.25, -0.2) is 4.79 Å². The van der Waals surface area contributed by atoms with Crippen LogP contribution in [0, 0.1) is 0 Å². The Morgan fingerprint density at radius 2 is 1.62 bits per heavy atom. The Balaban J connectivity index is 1.70. The second kappa shape index (κ2) is 10.8. The first-order valence-corrected chi connectivity index (χ1v) is 15.6. The number of nitrogens with one attached hydrogen (secondary N) is 1. The van der Waals surface area contributed by atoms with Gasteiger partial charge in [-0.15, -0.1) is 11.3 Å². The number of hydrogen-bond acceptors (Lipinski definition) is 7. The highest BCUT2D eigenvalue weighted by Gasteiger charge is 2.56. The molecule has 10 heteroatoms. The number of ether oxygens (including phenoxy) is 1. The van der Waals surface area contributed by atoms with E-state index in [1.807, 2.05) is 72.1 Å². The molecule has 1 aliphatic rings. The molecule has 3 heterocycles.